The predicted molar refractivity (Wildman–Crippen MR) is 151 cm³/mol. The van der Waals surface area contributed by atoms with Crippen LogP contribution in [-0.2, 0) is 25.7 Å². The van der Waals surface area contributed by atoms with Crippen molar-refractivity contribution in [2.45, 2.75) is 70.8 Å². The summed E-state index contributed by atoms with van der Waals surface area (Å²) in [5.41, 5.74) is 0.656. The summed E-state index contributed by atoms with van der Waals surface area (Å²) in [7, 11) is 1.45. The Balaban J connectivity index is 0.000000189. The predicted octanol–water partition coefficient (Wildman–Crippen LogP) is 4.86. The van der Waals surface area contributed by atoms with Crippen LogP contribution in [0.3, 0.4) is 0 Å². The molecule has 1 amide bonds. The highest BCUT2D eigenvalue weighted by molar-refractivity contribution is 6.32. The minimum Gasteiger partial charge on any atom is -0.481 e. The Morgan fingerprint density at radius 1 is 0.976 bits per heavy atom. The second-order valence-corrected chi connectivity index (χ2v) is 11.5. The van der Waals surface area contributed by atoms with Crippen LogP contribution in [0.25, 0.3) is 5.52 Å². The van der Waals surface area contributed by atoms with Crippen LogP contribution in [0.5, 0.6) is 0 Å². The SMILES string of the molecule is COC(=O)[C@H]1CC[C@H](c2ncc3c(Cl)nccn32)CC1.C[C@]1(C(=O)O)CC[C@H](C(=O)NCc2nccnc2Cl)CC1. The van der Waals surface area contributed by atoms with Gasteiger partial charge in [-0.25, -0.2) is 15.0 Å². The van der Waals surface area contributed by atoms with Gasteiger partial charge in [0, 0.05) is 36.6 Å². The van der Waals surface area contributed by atoms with Gasteiger partial charge in [0.15, 0.2) is 10.3 Å². The van der Waals surface area contributed by atoms with E-state index in [1.807, 2.05) is 10.6 Å². The van der Waals surface area contributed by atoms with Crippen LogP contribution >= 0.6 is 23.2 Å². The molecule has 0 bridgehead atoms. The second kappa shape index (κ2) is 13.6. The minimum absolute atomic E-state index is 0.0349. The molecule has 0 atom stereocenters. The molecule has 220 valence electrons. The zero-order chi connectivity index (χ0) is 29.6. The summed E-state index contributed by atoms with van der Waals surface area (Å²) in [5, 5.41) is 12.7. The summed E-state index contributed by atoms with van der Waals surface area (Å²) in [4.78, 5) is 51.3. The molecule has 3 aromatic heterocycles. The van der Waals surface area contributed by atoms with Crippen molar-refractivity contribution in [2.24, 2.45) is 17.3 Å². The molecule has 0 spiro atoms. The first kappa shape index (κ1) is 30.6. The van der Waals surface area contributed by atoms with E-state index < -0.39 is 11.4 Å². The van der Waals surface area contributed by atoms with Gasteiger partial charge in [0.1, 0.15) is 11.3 Å². The number of aliphatic carboxylic acids is 1. The molecule has 11 nitrogen and oxygen atoms in total. The third kappa shape index (κ3) is 7.32. The second-order valence-electron chi connectivity index (χ2n) is 10.8. The molecular formula is C28H34Cl2N6O5. The van der Waals surface area contributed by atoms with Gasteiger partial charge in [0.05, 0.1) is 36.9 Å². The molecule has 13 heteroatoms. The number of imidazole rings is 1. The number of carbonyl (C=O) groups is 3. The Hall–Kier alpha value is -3.31. The van der Waals surface area contributed by atoms with E-state index in [9.17, 15) is 19.5 Å². The maximum atomic E-state index is 12.1. The van der Waals surface area contributed by atoms with Crippen LogP contribution in [0.2, 0.25) is 10.3 Å². The van der Waals surface area contributed by atoms with Crippen molar-refractivity contribution in [1.29, 1.82) is 0 Å². The standard InChI is InChI=1S/C14H18ClN3O3.C14H16ClN3O2/c1-14(13(20)21)4-2-9(3-5-14)12(19)18-8-10-11(15)17-7-6-16-10;1-20-14(19)10-4-2-9(3-5-10)13-17-8-11-12(15)16-6-7-18(11)13/h6-7,9H,2-5,8H2,1H3,(H,18,19)(H,20,21);6-10H,2-5H2,1H3/t9-,14-;9-,10-. The lowest BCUT2D eigenvalue weighted by Crippen LogP contribution is -2.38. The molecule has 0 unspecified atom stereocenters. The Kier molecular flexibility index (Phi) is 10.1. The Morgan fingerprint density at radius 2 is 1.63 bits per heavy atom. The van der Waals surface area contributed by atoms with Gasteiger partial charge >= 0.3 is 11.9 Å². The maximum absolute atomic E-state index is 12.1. The van der Waals surface area contributed by atoms with E-state index in [2.05, 4.69) is 25.3 Å². The molecule has 41 heavy (non-hydrogen) atoms. The van der Waals surface area contributed by atoms with Gasteiger partial charge in [-0.3, -0.25) is 23.8 Å². The first-order valence-corrected chi connectivity index (χ1v) is 14.4. The molecule has 3 aromatic rings. The van der Waals surface area contributed by atoms with E-state index in [1.54, 1.807) is 19.3 Å². The number of carboxylic acids is 1. The van der Waals surface area contributed by atoms with Crippen molar-refractivity contribution in [3.8, 4) is 0 Å². The van der Waals surface area contributed by atoms with Gasteiger partial charge in [-0.1, -0.05) is 23.2 Å². The van der Waals surface area contributed by atoms with Crippen molar-refractivity contribution in [3.63, 3.8) is 0 Å². The van der Waals surface area contributed by atoms with Crippen molar-refractivity contribution in [1.82, 2.24) is 29.7 Å². The highest BCUT2D eigenvalue weighted by Crippen LogP contribution is 2.39. The number of amides is 1. The molecule has 0 aromatic carbocycles. The fraction of sp³-hybridized carbons (Fsp3) is 0.536. The lowest BCUT2D eigenvalue weighted by Gasteiger charge is -2.33. The molecule has 2 aliphatic rings. The molecular weight excluding hydrogens is 571 g/mol. The Labute approximate surface area is 248 Å². The van der Waals surface area contributed by atoms with E-state index in [0.717, 1.165) is 37.0 Å². The van der Waals surface area contributed by atoms with Crippen LogP contribution in [0.15, 0.2) is 31.0 Å². The topological polar surface area (TPSA) is 149 Å². The van der Waals surface area contributed by atoms with Crippen LogP contribution in [0.1, 0.15) is 75.7 Å². The van der Waals surface area contributed by atoms with E-state index in [-0.39, 0.29) is 35.4 Å². The molecule has 0 aliphatic heterocycles. The monoisotopic (exact) mass is 604 g/mol. The van der Waals surface area contributed by atoms with Crippen LogP contribution < -0.4 is 5.32 Å². The number of nitrogens with zero attached hydrogens (tertiary/aromatic N) is 5. The largest absolute Gasteiger partial charge is 0.481 e. The van der Waals surface area contributed by atoms with E-state index in [4.69, 9.17) is 27.9 Å². The van der Waals surface area contributed by atoms with E-state index in [0.29, 0.717) is 42.4 Å². The summed E-state index contributed by atoms with van der Waals surface area (Å²) >= 11 is 11.9. The fourth-order valence-electron chi connectivity index (χ4n) is 5.49. The fourth-order valence-corrected chi connectivity index (χ4v) is 5.85. The smallest absolute Gasteiger partial charge is 0.309 e. The van der Waals surface area contributed by atoms with E-state index >= 15 is 0 Å². The van der Waals surface area contributed by atoms with Gasteiger partial charge in [0.25, 0.3) is 0 Å². The molecule has 3 heterocycles. The molecule has 2 fully saturated rings. The number of fused-ring (bicyclic) bond motifs is 1. The quantitative estimate of drug-likeness (QED) is 0.376. The van der Waals surface area contributed by atoms with Crippen LogP contribution in [-0.4, -0.2) is 54.4 Å². The van der Waals surface area contributed by atoms with Crippen molar-refractivity contribution in [2.75, 3.05) is 7.11 Å². The number of aromatic nitrogens is 5. The van der Waals surface area contributed by atoms with Gasteiger partial charge in [-0.2, -0.15) is 0 Å². The molecule has 2 aliphatic carbocycles. The number of nitrogens with one attached hydrogen (secondary N) is 1. The summed E-state index contributed by atoms with van der Waals surface area (Å²) < 4.78 is 6.81. The van der Waals surface area contributed by atoms with Gasteiger partial charge in [0.2, 0.25) is 5.91 Å². The average Bonchev–Trinajstić information content (AvgIpc) is 3.42. The lowest BCUT2D eigenvalue weighted by molar-refractivity contribution is -0.151. The number of esters is 1. The molecule has 2 saturated carbocycles. The Bertz CT molecular complexity index is 1380. The maximum Gasteiger partial charge on any atom is 0.309 e. The minimum atomic E-state index is -0.785. The first-order chi connectivity index (χ1) is 19.6. The highest BCUT2D eigenvalue weighted by atomic mass is 35.5. The van der Waals surface area contributed by atoms with Crippen molar-refractivity contribution < 1.29 is 24.2 Å². The lowest BCUT2D eigenvalue weighted by atomic mass is 9.71. The van der Waals surface area contributed by atoms with Gasteiger partial charge < -0.3 is 15.2 Å². The van der Waals surface area contributed by atoms with Crippen LogP contribution in [0, 0.1) is 17.3 Å². The number of ether oxygens (including phenoxy) is 1. The zero-order valence-electron chi connectivity index (χ0n) is 23.1. The van der Waals surface area contributed by atoms with Gasteiger partial charge in [-0.05, 0) is 58.3 Å². The Morgan fingerprint density at radius 3 is 2.27 bits per heavy atom. The number of methoxy groups -OCH3 is 1. The summed E-state index contributed by atoms with van der Waals surface area (Å²) in [6.07, 6.45) is 14.1. The number of carboxylic acid groups (broad SMARTS) is 1. The van der Waals surface area contributed by atoms with Crippen molar-refractivity contribution >= 4 is 46.6 Å². The number of hydrogen-bond donors (Lipinski definition) is 2. The molecule has 0 saturated heterocycles. The number of rotatable bonds is 6. The number of carbonyl (C=O) groups excluding carboxylic acids is 2. The van der Waals surface area contributed by atoms with Crippen molar-refractivity contribution in [3.05, 3.63) is 52.8 Å². The van der Waals surface area contributed by atoms with Gasteiger partial charge in [-0.15, -0.1) is 0 Å². The molecule has 5 rings (SSSR count). The third-order valence-corrected chi connectivity index (χ3v) is 8.80. The third-order valence-electron chi connectivity index (χ3n) is 8.20. The summed E-state index contributed by atoms with van der Waals surface area (Å²) in [5.74, 6) is 0.297. The normalized spacial score (nSPS) is 24.1. The summed E-state index contributed by atoms with van der Waals surface area (Å²) in [6, 6.07) is 0. The zero-order valence-corrected chi connectivity index (χ0v) is 24.6. The average molecular weight is 606 g/mol. The highest BCUT2D eigenvalue weighted by Gasteiger charge is 2.39. The molecule has 0 radical (unpaired) electrons. The first-order valence-electron chi connectivity index (χ1n) is 13.6. The van der Waals surface area contributed by atoms with E-state index in [1.165, 1.54) is 19.5 Å². The molecule has 2 N–H and O–H groups in total. The van der Waals surface area contributed by atoms with Crippen LogP contribution in [0.4, 0.5) is 0 Å². The number of hydrogen-bond acceptors (Lipinski definition) is 8. The summed E-state index contributed by atoms with van der Waals surface area (Å²) in [6.45, 7) is 1.97. The number of halogens is 2.